The van der Waals surface area contributed by atoms with Crippen molar-refractivity contribution in [3.05, 3.63) is 88.8 Å². The number of hydrazone groups is 1. The number of ether oxygens (including phenoxy) is 1. The zero-order valence-corrected chi connectivity index (χ0v) is 16.1. The maximum absolute atomic E-state index is 11.7. The summed E-state index contributed by atoms with van der Waals surface area (Å²) in [4.78, 5) is 23.5. The number of halogens is 1. The molecule has 0 aliphatic rings. The van der Waals surface area contributed by atoms with Crippen LogP contribution in [0.15, 0.2) is 76.4 Å². The molecule has 0 aliphatic heterocycles. The fraction of sp³-hybridized carbons (Fsp3) is 0.0952. The van der Waals surface area contributed by atoms with Gasteiger partial charge in [0.1, 0.15) is 18.1 Å². The topological polar surface area (TPSA) is 92.9 Å². The van der Waals surface area contributed by atoms with Gasteiger partial charge in [-0.05, 0) is 47.5 Å². The van der Waals surface area contributed by atoms with E-state index in [1.165, 1.54) is 12.5 Å². The van der Waals surface area contributed by atoms with Crippen molar-refractivity contribution in [3.63, 3.8) is 0 Å². The van der Waals surface area contributed by atoms with Crippen LogP contribution in [0.3, 0.4) is 0 Å². The number of carbonyl (C=O) groups is 2. The highest BCUT2D eigenvalue weighted by Crippen LogP contribution is 2.16. The maximum atomic E-state index is 11.7. The van der Waals surface area contributed by atoms with Gasteiger partial charge in [0.05, 0.1) is 19.0 Å². The Morgan fingerprint density at radius 2 is 1.93 bits per heavy atom. The minimum atomic E-state index is -0.874. The van der Waals surface area contributed by atoms with Gasteiger partial charge in [0.2, 0.25) is 0 Å². The molecule has 3 aromatic rings. The first-order chi connectivity index (χ1) is 14.1. The summed E-state index contributed by atoms with van der Waals surface area (Å²) in [6.45, 7) is 0.489. The van der Waals surface area contributed by atoms with Crippen LogP contribution in [0.2, 0.25) is 5.02 Å². The van der Waals surface area contributed by atoms with E-state index < -0.39 is 11.8 Å². The Hall–Kier alpha value is -3.58. The second kappa shape index (κ2) is 10.1. The molecule has 1 heterocycles. The third-order valence-electron chi connectivity index (χ3n) is 3.74. The lowest BCUT2D eigenvalue weighted by atomic mass is 10.2. The summed E-state index contributed by atoms with van der Waals surface area (Å²) in [5.74, 6) is -0.501. The molecule has 0 radical (unpaired) electrons. The first-order valence-electron chi connectivity index (χ1n) is 8.71. The molecule has 2 aromatic carbocycles. The second-order valence-corrected chi connectivity index (χ2v) is 6.39. The van der Waals surface area contributed by atoms with E-state index in [0.29, 0.717) is 28.7 Å². The van der Waals surface area contributed by atoms with Crippen molar-refractivity contribution in [2.45, 2.75) is 13.2 Å². The predicted octanol–water partition coefficient (Wildman–Crippen LogP) is 3.28. The molecule has 0 bridgehead atoms. The maximum Gasteiger partial charge on any atom is 0.329 e. The number of rotatable bonds is 7. The summed E-state index contributed by atoms with van der Waals surface area (Å²) >= 11 is 5.96. The van der Waals surface area contributed by atoms with Gasteiger partial charge in [0.25, 0.3) is 0 Å². The molecule has 2 amide bonds. The van der Waals surface area contributed by atoms with Crippen LogP contribution >= 0.6 is 11.6 Å². The predicted molar refractivity (Wildman–Crippen MR) is 109 cm³/mol. The zero-order chi connectivity index (χ0) is 20.5. The lowest BCUT2D eigenvalue weighted by Crippen LogP contribution is -2.37. The number of hydrogen-bond acceptors (Lipinski definition) is 5. The molecule has 0 saturated carbocycles. The number of amides is 2. The molecule has 0 saturated heterocycles. The molecule has 1 aromatic heterocycles. The summed E-state index contributed by atoms with van der Waals surface area (Å²) in [6.07, 6.45) is 2.91. The summed E-state index contributed by atoms with van der Waals surface area (Å²) in [5.41, 5.74) is 3.82. The minimum Gasteiger partial charge on any atom is -0.489 e. The van der Waals surface area contributed by atoms with Gasteiger partial charge in [0, 0.05) is 5.02 Å². The van der Waals surface area contributed by atoms with Gasteiger partial charge in [-0.3, -0.25) is 9.59 Å². The monoisotopic (exact) mass is 411 g/mol. The average Bonchev–Trinajstić information content (AvgIpc) is 3.24. The molecular formula is C21H18ClN3O4. The van der Waals surface area contributed by atoms with Gasteiger partial charge >= 0.3 is 11.8 Å². The molecule has 29 heavy (non-hydrogen) atoms. The smallest absolute Gasteiger partial charge is 0.329 e. The van der Waals surface area contributed by atoms with E-state index in [2.05, 4.69) is 15.8 Å². The SMILES string of the molecule is O=C(NCc1ccco1)C(=O)N/N=C\c1cccc(OCc2cccc(Cl)c2)c1. The Labute approximate surface area is 172 Å². The van der Waals surface area contributed by atoms with E-state index in [1.54, 1.807) is 36.4 Å². The van der Waals surface area contributed by atoms with E-state index >= 15 is 0 Å². The molecule has 0 unspecified atom stereocenters. The van der Waals surface area contributed by atoms with Crippen LogP contribution in [0.25, 0.3) is 0 Å². The Morgan fingerprint density at radius 1 is 1.07 bits per heavy atom. The lowest BCUT2D eigenvalue weighted by molar-refractivity contribution is -0.139. The summed E-state index contributed by atoms with van der Waals surface area (Å²) < 4.78 is 10.8. The second-order valence-electron chi connectivity index (χ2n) is 5.95. The fourth-order valence-electron chi connectivity index (χ4n) is 2.36. The highest BCUT2D eigenvalue weighted by Gasteiger charge is 2.12. The van der Waals surface area contributed by atoms with Crippen molar-refractivity contribution >= 4 is 29.6 Å². The molecule has 2 N–H and O–H groups in total. The quantitative estimate of drug-likeness (QED) is 0.354. The van der Waals surface area contributed by atoms with Crippen LogP contribution in [0, 0.1) is 0 Å². The number of carbonyl (C=O) groups excluding carboxylic acids is 2. The highest BCUT2D eigenvalue weighted by atomic mass is 35.5. The Bertz CT molecular complexity index is 1000. The van der Waals surface area contributed by atoms with E-state index in [0.717, 1.165) is 5.56 Å². The third kappa shape index (κ3) is 6.51. The molecule has 0 atom stereocenters. The first-order valence-corrected chi connectivity index (χ1v) is 9.09. The molecule has 8 heteroatoms. The molecule has 7 nitrogen and oxygen atoms in total. The molecule has 0 aliphatic carbocycles. The number of benzene rings is 2. The van der Waals surface area contributed by atoms with E-state index in [-0.39, 0.29) is 6.54 Å². The van der Waals surface area contributed by atoms with Crippen LogP contribution in [0.4, 0.5) is 0 Å². The molecule has 0 fully saturated rings. The van der Waals surface area contributed by atoms with Crippen molar-refractivity contribution < 1.29 is 18.7 Å². The fourth-order valence-corrected chi connectivity index (χ4v) is 2.57. The van der Waals surface area contributed by atoms with Gasteiger partial charge < -0.3 is 14.5 Å². The minimum absolute atomic E-state index is 0.120. The van der Waals surface area contributed by atoms with Crippen molar-refractivity contribution in [2.75, 3.05) is 0 Å². The Balaban J connectivity index is 1.48. The Morgan fingerprint density at radius 3 is 2.72 bits per heavy atom. The van der Waals surface area contributed by atoms with Gasteiger partial charge in [-0.1, -0.05) is 35.9 Å². The highest BCUT2D eigenvalue weighted by molar-refractivity contribution is 6.35. The van der Waals surface area contributed by atoms with Crippen LogP contribution < -0.4 is 15.5 Å². The van der Waals surface area contributed by atoms with Crippen LogP contribution in [0.1, 0.15) is 16.9 Å². The largest absolute Gasteiger partial charge is 0.489 e. The van der Waals surface area contributed by atoms with Crippen LogP contribution in [-0.2, 0) is 22.7 Å². The number of furan rings is 1. The molecular weight excluding hydrogens is 394 g/mol. The van der Waals surface area contributed by atoms with Gasteiger partial charge in [0.15, 0.2) is 0 Å². The van der Waals surface area contributed by atoms with E-state index in [9.17, 15) is 9.59 Å². The zero-order valence-electron chi connectivity index (χ0n) is 15.3. The number of nitrogens with zero attached hydrogens (tertiary/aromatic N) is 1. The first kappa shape index (κ1) is 20.2. The molecule has 0 spiro atoms. The van der Waals surface area contributed by atoms with E-state index in [4.69, 9.17) is 20.8 Å². The lowest BCUT2D eigenvalue weighted by Gasteiger charge is -2.07. The van der Waals surface area contributed by atoms with Gasteiger partial charge in [-0.15, -0.1) is 0 Å². The summed E-state index contributed by atoms with van der Waals surface area (Å²) in [7, 11) is 0. The standard InChI is InChI=1S/C21H18ClN3O4/c22-17-6-1-5-16(10-17)14-29-18-7-2-4-15(11-18)12-24-25-21(27)20(26)23-13-19-8-3-9-28-19/h1-12H,13-14H2,(H,23,26)(H,25,27)/b24-12-. The normalized spacial score (nSPS) is 10.7. The molecule has 3 rings (SSSR count). The van der Waals surface area contributed by atoms with Gasteiger partial charge in [-0.25, -0.2) is 5.43 Å². The van der Waals surface area contributed by atoms with Crippen LogP contribution in [-0.4, -0.2) is 18.0 Å². The van der Waals surface area contributed by atoms with Crippen molar-refractivity contribution in [3.8, 4) is 5.75 Å². The summed E-state index contributed by atoms with van der Waals surface area (Å²) in [5, 5.41) is 6.88. The van der Waals surface area contributed by atoms with Crippen molar-refractivity contribution in [2.24, 2.45) is 5.10 Å². The molecule has 148 valence electrons. The Kier molecular flexibility index (Phi) is 7.02. The number of hydrogen-bond donors (Lipinski definition) is 2. The van der Waals surface area contributed by atoms with Crippen molar-refractivity contribution in [1.82, 2.24) is 10.7 Å². The average molecular weight is 412 g/mol. The van der Waals surface area contributed by atoms with Gasteiger partial charge in [-0.2, -0.15) is 5.10 Å². The number of nitrogens with one attached hydrogen (secondary N) is 2. The van der Waals surface area contributed by atoms with Crippen molar-refractivity contribution in [1.29, 1.82) is 0 Å². The summed E-state index contributed by atoms with van der Waals surface area (Å²) in [6, 6.07) is 18.0. The van der Waals surface area contributed by atoms with E-state index in [1.807, 2.05) is 24.3 Å². The van der Waals surface area contributed by atoms with Crippen LogP contribution in [0.5, 0.6) is 5.75 Å². The third-order valence-corrected chi connectivity index (χ3v) is 3.98.